The number of Topliss-reactive ketones (excluding diaryl/α,β-unsaturated/α-hetero) is 1. The molecule has 0 amide bonds. The van der Waals surface area contributed by atoms with Gasteiger partial charge in [-0.05, 0) is 25.1 Å². The average Bonchev–Trinajstić information content (AvgIpc) is 2.49. The minimum atomic E-state index is -0.470. The van der Waals surface area contributed by atoms with E-state index in [4.69, 9.17) is 14.6 Å². The molecule has 0 saturated carbocycles. The Balaban J connectivity index is 2.11. The number of aliphatic hydroxyl groups excluding tert-OH is 1. The molecule has 116 valence electrons. The maximum Gasteiger partial charge on any atom is 0.180 e. The number of ether oxygens (including phenoxy) is 2. The van der Waals surface area contributed by atoms with Crippen molar-refractivity contribution >= 4 is 5.78 Å². The zero-order valence-corrected chi connectivity index (χ0v) is 12.2. The molecule has 2 rings (SSSR count). The van der Waals surface area contributed by atoms with E-state index in [1.54, 1.807) is 0 Å². The van der Waals surface area contributed by atoms with Crippen LogP contribution in [0.15, 0.2) is 18.2 Å². The van der Waals surface area contributed by atoms with Crippen molar-refractivity contribution in [3.8, 4) is 5.75 Å². The van der Waals surface area contributed by atoms with Gasteiger partial charge in [-0.1, -0.05) is 0 Å². The first kappa shape index (κ1) is 15.9. The van der Waals surface area contributed by atoms with Gasteiger partial charge < -0.3 is 14.6 Å². The van der Waals surface area contributed by atoms with Crippen LogP contribution in [-0.4, -0.2) is 61.3 Å². The van der Waals surface area contributed by atoms with Gasteiger partial charge in [-0.2, -0.15) is 0 Å². The number of carbonyl (C=O) groups is 1. The van der Waals surface area contributed by atoms with Crippen LogP contribution in [0.1, 0.15) is 17.3 Å². The van der Waals surface area contributed by atoms with E-state index >= 15 is 0 Å². The second-order valence-electron chi connectivity index (χ2n) is 5.18. The van der Waals surface area contributed by atoms with Gasteiger partial charge in [0.2, 0.25) is 0 Å². The number of benzene rings is 1. The van der Waals surface area contributed by atoms with E-state index in [9.17, 15) is 9.18 Å². The summed E-state index contributed by atoms with van der Waals surface area (Å²) in [6.07, 6.45) is -0.289. The molecule has 1 aliphatic heterocycles. The van der Waals surface area contributed by atoms with E-state index in [1.807, 2.05) is 11.8 Å². The minimum absolute atomic E-state index is 0.0660. The van der Waals surface area contributed by atoms with Crippen molar-refractivity contribution in [1.29, 1.82) is 0 Å². The summed E-state index contributed by atoms with van der Waals surface area (Å²) >= 11 is 0. The highest BCUT2D eigenvalue weighted by Crippen LogP contribution is 2.21. The molecule has 1 saturated heterocycles. The third-order valence-corrected chi connectivity index (χ3v) is 3.65. The highest BCUT2D eigenvalue weighted by Gasteiger charge is 2.28. The average molecular weight is 297 g/mol. The molecule has 21 heavy (non-hydrogen) atoms. The number of ketones is 1. The molecule has 0 aliphatic carbocycles. The van der Waals surface area contributed by atoms with Gasteiger partial charge in [0.25, 0.3) is 0 Å². The van der Waals surface area contributed by atoms with Gasteiger partial charge in [0.15, 0.2) is 5.78 Å². The van der Waals surface area contributed by atoms with Crippen LogP contribution < -0.4 is 4.74 Å². The molecule has 5 nitrogen and oxygen atoms in total. The molecule has 1 aromatic carbocycles. The Hall–Kier alpha value is -1.50. The number of aliphatic hydroxyl groups is 1. The van der Waals surface area contributed by atoms with Crippen LogP contribution in [0.25, 0.3) is 0 Å². The van der Waals surface area contributed by atoms with Crippen LogP contribution in [0.2, 0.25) is 0 Å². The fourth-order valence-electron chi connectivity index (χ4n) is 2.37. The zero-order valence-electron chi connectivity index (χ0n) is 12.2. The highest BCUT2D eigenvalue weighted by molar-refractivity contribution is 6.00. The van der Waals surface area contributed by atoms with Gasteiger partial charge >= 0.3 is 0 Å². The molecule has 1 heterocycles. The lowest BCUT2D eigenvalue weighted by atomic mass is 10.1. The summed E-state index contributed by atoms with van der Waals surface area (Å²) in [6.45, 7) is 2.94. The quantitative estimate of drug-likeness (QED) is 0.825. The fraction of sp³-hybridized carbons (Fsp3) is 0.533. The van der Waals surface area contributed by atoms with E-state index in [0.29, 0.717) is 18.9 Å². The molecule has 0 bridgehead atoms. The van der Waals surface area contributed by atoms with E-state index in [0.717, 1.165) is 0 Å². The van der Waals surface area contributed by atoms with Gasteiger partial charge in [-0.25, -0.2) is 4.39 Å². The number of morpholine rings is 1. The predicted molar refractivity (Wildman–Crippen MR) is 75.1 cm³/mol. The molecule has 2 unspecified atom stereocenters. The van der Waals surface area contributed by atoms with E-state index in [1.165, 1.54) is 25.3 Å². The Morgan fingerprint density at radius 2 is 2.33 bits per heavy atom. The van der Waals surface area contributed by atoms with Gasteiger partial charge in [-0.15, -0.1) is 0 Å². The summed E-state index contributed by atoms with van der Waals surface area (Å²) in [4.78, 5) is 14.3. The number of hydrogen-bond acceptors (Lipinski definition) is 5. The number of halogens is 1. The lowest BCUT2D eigenvalue weighted by Gasteiger charge is -2.36. The lowest BCUT2D eigenvalue weighted by Crippen LogP contribution is -2.51. The minimum Gasteiger partial charge on any atom is -0.496 e. The molecule has 1 aromatic rings. The van der Waals surface area contributed by atoms with Gasteiger partial charge in [0, 0.05) is 12.6 Å². The van der Waals surface area contributed by atoms with Crippen LogP contribution >= 0.6 is 0 Å². The molecule has 0 spiro atoms. The standard InChI is InChI=1S/C15H20FNO4/c1-10-9-21-12(8-18)6-17(10)7-14(19)13-5-11(16)3-4-15(13)20-2/h3-5,10,12,18H,6-9H2,1-2H3. The number of hydrogen-bond donors (Lipinski definition) is 1. The Labute approximate surface area is 123 Å². The van der Waals surface area contributed by atoms with Crippen molar-refractivity contribution in [2.24, 2.45) is 0 Å². The Morgan fingerprint density at radius 3 is 3.00 bits per heavy atom. The first-order chi connectivity index (χ1) is 10.0. The third kappa shape index (κ3) is 3.78. The number of methoxy groups -OCH3 is 1. The molecule has 1 fully saturated rings. The van der Waals surface area contributed by atoms with Gasteiger partial charge in [-0.3, -0.25) is 9.69 Å². The van der Waals surface area contributed by atoms with Crippen molar-refractivity contribution in [3.63, 3.8) is 0 Å². The third-order valence-electron chi connectivity index (χ3n) is 3.65. The number of rotatable bonds is 5. The van der Waals surface area contributed by atoms with E-state index < -0.39 is 5.82 Å². The zero-order chi connectivity index (χ0) is 15.4. The van der Waals surface area contributed by atoms with Crippen molar-refractivity contribution in [2.45, 2.75) is 19.1 Å². The van der Waals surface area contributed by atoms with Crippen LogP contribution in [0.3, 0.4) is 0 Å². The fourth-order valence-corrected chi connectivity index (χ4v) is 2.37. The smallest absolute Gasteiger partial charge is 0.180 e. The normalized spacial score (nSPS) is 23.0. The molecule has 1 N–H and O–H groups in total. The first-order valence-electron chi connectivity index (χ1n) is 6.88. The topological polar surface area (TPSA) is 59.0 Å². The van der Waals surface area contributed by atoms with Gasteiger partial charge in [0.05, 0.1) is 38.5 Å². The summed E-state index contributed by atoms with van der Waals surface area (Å²) < 4.78 is 23.9. The second kappa shape index (κ2) is 6.98. The highest BCUT2D eigenvalue weighted by atomic mass is 19.1. The van der Waals surface area contributed by atoms with Gasteiger partial charge in [0.1, 0.15) is 11.6 Å². The molecule has 0 aromatic heterocycles. The lowest BCUT2D eigenvalue weighted by molar-refractivity contribution is -0.0748. The summed E-state index contributed by atoms with van der Waals surface area (Å²) in [6, 6.07) is 3.96. The van der Waals surface area contributed by atoms with E-state index in [2.05, 4.69) is 0 Å². The number of nitrogens with zero attached hydrogens (tertiary/aromatic N) is 1. The number of carbonyl (C=O) groups excluding carboxylic acids is 1. The SMILES string of the molecule is COc1ccc(F)cc1C(=O)CN1CC(CO)OCC1C. The summed E-state index contributed by atoms with van der Waals surface area (Å²) in [5.74, 6) is -0.319. The largest absolute Gasteiger partial charge is 0.496 e. The maximum absolute atomic E-state index is 13.3. The summed E-state index contributed by atoms with van der Waals surface area (Å²) in [5.41, 5.74) is 0.233. The molecule has 0 radical (unpaired) electrons. The van der Waals surface area contributed by atoms with Crippen LogP contribution in [0.4, 0.5) is 4.39 Å². The van der Waals surface area contributed by atoms with Crippen molar-refractivity contribution in [1.82, 2.24) is 4.90 Å². The second-order valence-corrected chi connectivity index (χ2v) is 5.18. The van der Waals surface area contributed by atoms with Crippen molar-refractivity contribution in [3.05, 3.63) is 29.6 Å². The Morgan fingerprint density at radius 1 is 1.57 bits per heavy atom. The van der Waals surface area contributed by atoms with Crippen LogP contribution in [-0.2, 0) is 4.74 Å². The van der Waals surface area contributed by atoms with Crippen molar-refractivity contribution in [2.75, 3.05) is 33.4 Å². The monoisotopic (exact) mass is 297 g/mol. The predicted octanol–water partition coefficient (Wildman–Crippen LogP) is 1.10. The van der Waals surface area contributed by atoms with E-state index in [-0.39, 0.29) is 36.6 Å². The molecular formula is C15H20FNO4. The van der Waals surface area contributed by atoms with Crippen molar-refractivity contribution < 1.29 is 23.8 Å². The summed E-state index contributed by atoms with van der Waals surface area (Å²) in [7, 11) is 1.45. The Kier molecular flexibility index (Phi) is 5.27. The van der Waals surface area contributed by atoms with Crippen LogP contribution in [0.5, 0.6) is 5.75 Å². The molecule has 6 heteroatoms. The Bertz CT molecular complexity index is 508. The molecule has 1 aliphatic rings. The van der Waals surface area contributed by atoms with Crippen LogP contribution in [0, 0.1) is 5.82 Å². The first-order valence-corrected chi connectivity index (χ1v) is 6.88. The summed E-state index contributed by atoms with van der Waals surface area (Å²) in [5, 5.41) is 9.16. The maximum atomic E-state index is 13.3. The molecule has 2 atom stereocenters. The molecular weight excluding hydrogens is 277 g/mol.